The number of para-hydroxylation sites is 1. The van der Waals surface area contributed by atoms with Crippen LogP contribution >= 0.6 is 0 Å². The van der Waals surface area contributed by atoms with Gasteiger partial charge in [-0.15, -0.1) is 0 Å². The van der Waals surface area contributed by atoms with Crippen molar-refractivity contribution in [2.24, 2.45) is 0 Å². The minimum absolute atomic E-state index is 0.198. The van der Waals surface area contributed by atoms with E-state index in [-0.39, 0.29) is 11.8 Å². The third-order valence-corrected chi connectivity index (χ3v) is 3.70. The average molecular weight is 308 g/mol. The van der Waals surface area contributed by atoms with Crippen LogP contribution in [0.1, 0.15) is 26.3 Å². The van der Waals surface area contributed by atoms with E-state index in [1.807, 2.05) is 13.0 Å². The summed E-state index contributed by atoms with van der Waals surface area (Å²) in [5.74, 6) is -0.451. The van der Waals surface area contributed by atoms with Gasteiger partial charge in [0.25, 0.3) is 11.8 Å². The van der Waals surface area contributed by atoms with E-state index >= 15 is 0 Å². The lowest BCUT2D eigenvalue weighted by molar-refractivity contribution is 0.0961. The Balaban J connectivity index is 1.94. The number of amides is 2. The van der Waals surface area contributed by atoms with E-state index in [1.165, 1.54) is 0 Å². The number of benzene rings is 2. The first-order chi connectivity index (χ1) is 11.1. The Morgan fingerprint density at radius 2 is 1.96 bits per heavy atom. The standard InChI is InChI=1S/C17H16N4O2/c1-10-6-7-11(16(22)18-2)8-14(10)20-17(23)13-5-3-4-12-9-19-21-15(12)13/h3-9H,1-2H3,(H,18,22)(H,19,21)(H,20,23). The van der Waals surface area contributed by atoms with Gasteiger partial charge in [-0.25, -0.2) is 0 Å². The van der Waals surface area contributed by atoms with Crippen LogP contribution in [-0.4, -0.2) is 29.1 Å². The molecular formula is C17H16N4O2. The van der Waals surface area contributed by atoms with E-state index in [1.54, 1.807) is 43.6 Å². The molecule has 3 rings (SSSR count). The molecule has 3 N–H and O–H groups in total. The van der Waals surface area contributed by atoms with Gasteiger partial charge < -0.3 is 10.6 Å². The number of rotatable bonds is 3. The summed E-state index contributed by atoms with van der Waals surface area (Å²) >= 11 is 0. The largest absolute Gasteiger partial charge is 0.355 e. The molecule has 0 aliphatic heterocycles. The van der Waals surface area contributed by atoms with Gasteiger partial charge in [-0.05, 0) is 30.7 Å². The van der Waals surface area contributed by atoms with Crippen molar-refractivity contribution < 1.29 is 9.59 Å². The number of anilines is 1. The second-order valence-corrected chi connectivity index (χ2v) is 5.20. The van der Waals surface area contributed by atoms with Gasteiger partial charge in [0, 0.05) is 23.7 Å². The van der Waals surface area contributed by atoms with E-state index in [2.05, 4.69) is 20.8 Å². The highest BCUT2D eigenvalue weighted by Crippen LogP contribution is 2.20. The summed E-state index contributed by atoms with van der Waals surface area (Å²) in [7, 11) is 1.57. The van der Waals surface area contributed by atoms with E-state index in [4.69, 9.17) is 0 Å². The molecule has 0 spiro atoms. The first-order valence-electron chi connectivity index (χ1n) is 7.16. The van der Waals surface area contributed by atoms with Crippen LogP contribution in [0.15, 0.2) is 42.6 Å². The smallest absolute Gasteiger partial charge is 0.257 e. The van der Waals surface area contributed by atoms with Crippen molar-refractivity contribution in [1.29, 1.82) is 0 Å². The zero-order valence-electron chi connectivity index (χ0n) is 12.8. The number of fused-ring (bicyclic) bond motifs is 1. The molecule has 0 saturated carbocycles. The lowest BCUT2D eigenvalue weighted by atomic mass is 10.1. The summed E-state index contributed by atoms with van der Waals surface area (Å²) in [5, 5.41) is 13.1. The minimum Gasteiger partial charge on any atom is -0.355 e. The fourth-order valence-electron chi connectivity index (χ4n) is 2.39. The maximum Gasteiger partial charge on any atom is 0.257 e. The van der Waals surface area contributed by atoms with Crippen LogP contribution in [0.4, 0.5) is 5.69 Å². The second-order valence-electron chi connectivity index (χ2n) is 5.20. The van der Waals surface area contributed by atoms with Crippen LogP contribution in [0.2, 0.25) is 0 Å². The minimum atomic E-state index is -0.253. The SMILES string of the molecule is CNC(=O)c1ccc(C)c(NC(=O)c2cccc3cn[nH]c23)c1. The second kappa shape index (κ2) is 5.92. The molecule has 2 aromatic carbocycles. The molecule has 2 amide bonds. The predicted molar refractivity (Wildman–Crippen MR) is 88.6 cm³/mol. The molecule has 0 aliphatic rings. The van der Waals surface area contributed by atoms with Gasteiger partial charge >= 0.3 is 0 Å². The van der Waals surface area contributed by atoms with Crippen LogP contribution in [0.5, 0.6) is 0 Å². The number of hydrogen-bond acceptors (Lipinski definition) is 3. The van der Waals surface area contributed by atoms with Crippen LogP contribution in [0, 0.1) is 6.92 Å². The Kier molecular flexibility index (Phi) is 3.80. The number of nitrogens with one attached hydrogen (secondary N) is 3. The summed E-state index contributed by atoms with van der Waals surface area (Å²) < 4.78 is 0. The Morgan fingerprint density at radius 1 is 1.13 bits per heavy atom. The highest BCUT2D eigenvalue weighted by molar-refractivity contribution is 6.12. The normalized spacial score (nSPS) is 10.5. The van der Waals surface area contributed by atoms with E-state index < -0.39 is 0 Å². The maximum absolute atomic E-state index is 12.6. The molecule has 6 heteroatoms. The molecule has 23 heavy (non-hydrogen) atoms. The van der Waals surface area contributed by atoms with Crippen molar-refractivity contribution in [3.63, 3.8) is 0 Å². The molecule has 0 saturated heterocycles. The van der Waals surface area contributed by atoms with Crippen molar-refractivity contribution in [3.05, 3.63) is 59.3 Å². The molecule has 0 radical (unpaired) electrons. The quantitative estimate of drug-likeness (QED) is 0.694. The first kappa shape index (κ1) is 14.8. The summed E-state index contributed by atoms with van der Waals surface area (Å²) in [6.07, 6.45) is 1.67. The Bertz CT molecular complexity index is 898. The highest BCUT2D eigenvalue weighted by atomic mass is 16.2. The number of aromatic amines is 1. The Labute approximate surface area is 132 Å². The van der Waals surface area contributed by atoms with Crippen molar-refractivity contribution in [2.75, 3.05) is 12.4 Å². The van der Waals surface area contributed by atoms with Crippen LogP contribution < -0.4 is 10.6 Å². The number of aryl methyl sites for hydroxylation is 1. The van der Waals surface area contributed by atoms with Gasteiger partial charge in [0.15, 0.2) is 0 Å². The lowest BCUT2D eigenvalue weighted by Gasteiger charge is -2.10. The number of H-pyrrole nitrogens is 1. The summed E-state index contributed by atoms with van der Waals surface area (Å²) in [4.78, 5) is 24.3. The van der Waals surface area contributed by atoms with Gasteiger partial charge in [0.2, 0.25) is 0 Å². The third-order valence-electron chi connectivity index (χ3n) is 3.70. The third kappa shape index (κ3) is 2.78. The molecule has 0 fully saturated rings. The molecule has 0 unspecified atom stereocenters. The molecule has 116 valence electrons. The summed E-state index contributed by atoms with van der Waals surface area (Å²) in [5.41, 5.74) is 3.17. The van der Waals surface area contributed by atoms with Gasteiger partial charge in [0.05, 0.1) is 17.3 Å². The average Bonchev–Trinajstić information content (AvgIpc) is 3.04. The number of nitrogens with zero attached hydrogens (tertiary/aromatic N) is 1. The van der Waals surface area contributed by atoms with E-state index in [0.29, 0.717) is 22.3 Å². The van der Waals surface area contributed by atoms with Crippen molar-refractivity contribution >= 4 is 28.4 Å². The Hall–Kier alpha value is -3.15. The molecule has 1 aromatic heterocycles. The van der Waals surface area contributed by atoms with Crippen molar-refractivity contribution in [2.45, 2.75) is 6.92 Å². The van der Waals surface area contributed by atoms with Crippen LogP contribution in [0.3, 0.4) is 0 Å². The summed E-state index contributed by atoms with van der Waals surface area (Å²) in [6.45, 7) is 1.88. The van der Waals surface area contributed by atoms with Crippen molar-refractivity contribution in [1.82, 2.24) is 15.5 Å². The fourth-order valence-corrected chi connectivity index (χ4v) is 2.39. The van der Waals surface area contributed by atoms with Gasteiger partial charge in [-0.1, -0.05) is 18.2 Å². The molecule has 1 heterocycles. The maximum atomic E-state index is 12.6. The molecule has 6 nitrogen and oxygen atoms in total. The molecule has 0 atom stereocenters. The highest BCUT2D eigenvalue weighted by Gasteiger charge is 2.14. The summed E-state index contributed by atoms with van der Waals surface area (Å²) in [6, 6.07) is 10.6. The zero-order valence-corrected chi connectivity index (χ0v) is 12.8. The fraction of sp³-hybridized carbons (Fsp3) is 0.118. The molecular weight excluding hydrogens is 292 g/mol. The molecule has 3 aromatic rings. The van der Waals surface area contributed by atoms with E-state index in [0.717, 1.165) is 10.9 Å². The lowest BCUT2D eigenvalue weighted by Crippen LogP contribution is -2.19. The monoisotopic (exact) mass is 308 g/mol. The van der Waals surface area contributed by atoms with Gasteiger partial charge in [-0.2, -0.15) is 5.10 Å². The predicted octanol–water partition coefficient (Wildman–Crippen LogP) is 2.48. The number of aromatic nitrogens is 2. The number of carbonyl (C=O) groups is 2. The molecule has 0 aliphatic carbocycles. The number of carbonyl (C=O) groups excluding carboxylic acids is 2. The topological polar surface area (TPSA) is 86.9 Å². The first-order valence-corrected chi connectivity index (χ1v) is 7.16. The zero-order chi connectivity index (χ0) is 16.4. The van der Waals surface area contributed by atoms with Gasteiger partial charge in [-0.3, -0.25) is 14.7 Å². The van der Waals surface area contributed by atoms with Crippen LogP contribution in [-0.2, 0) is 0 Å². The van der Waals surface area contributed by atoms with Crippen molar-refractivity contribution in [3.8, 4) is 0 Å². The Morgan fingerprint density at radius 3 is 2.74 bits per heavy atom. The van der Waals surface area contributed by atoms with Crippen LogP contribution in [0.25, 0.3) is 10.9 Å². The molecule has 0 bridgehead atoms. The number of hydrogen-bond donors (Lipinski definition) is 3. The van der Waals surface area contributed by atoms with Gasteiger partial charge in [0.1, 0.15) is 0 Å². The van der Waals surface area contributed by atoms with E-state index in [9.17, 15) is 9.59 Å².